The second-order valence-electron chi connectivity index (χ2n) is 29.8. The van der Waals surface area contributed by atoms with Gasteiger partial charge in [-0.2, -0.15) is 0 Å². The van der Waals surface area contributed by atoms with Crippen LogP contribution < -0.4 is 44.7 Å². The van der Waals surface area contributed by atoms with Gasteiger partial charge in [0.2, 0.25) is 46.4 Å². The largest absolute Gasteiger partial charge is 1.00 e. The van der Waals surface area contributed by atoms with Crippen LogP contribution in [0.25, 0.3) is 66.5 Å². The normalized spacial score (nSPS) is 11.3. The number of nitrogens with zero attached hydrogens (tertiary/aromatic N) is 5. The monoisotopic (exact) mass is 2190 g/mol. The fraction of sp³-hybridized carbons (Fsp3) is 0.213. The van der Waals surface area contributed by atoms with Crippen LogP contribution in [0.4, 0.5) is 43.4 Å². The number of alkyl halides is 1. The van der Waals surface area contributed by atoms with E-state index in [1.807, 2.05) is 20.8 Å². The van der Waals surface area contributed by atoms with Crippen molar-refractivity contribution in [1.82, 2.24) is 29.1 Å². The van der Waals surface area contributed by atoms with Crippen LogP contribution in [-0.4, -0.2) is 125 Å². The summed E-state index contributed by atoms with van der Waals surface area (Å²) in [5, 5.41) is 3.60. The molecule has 137 heavy (non-hydrogen) atoms. The Morgan fingerprint density at radius 3 is 1.07 bits per heavy atom. The van der Waals surface area contributed by atoms with E-state index in [9.17, 15) is 75.4 Å². The Labute approximate surface area is 856 Å². The molecule has 0 amide bonds. The first-order valence-electron chi connectivity index (χ1n) is 41.3. The summed E-state index contributed by atoms with van der Waals surface area (Å²) in [6, 6.07) is 39.9. The van der Waals surface area contributed by atoms with Crippen molar-refractivity contribution < 1.29 is 118 Å². The van der Waals surface area contributed by atoms with Crippen LogP contribution in [0.15, 0.2) is 201 Å². The molecule has 23 nitrogen and oxygen atoms in total. The Kier molecular flexibility index (Phi) is 42.3. The zero-order chi connectivity index (χ0) is 100. The number of ketones is 3. The minimum absolute atomic E-state index is 0. The molecule has 14 rings (SSSR count). The van der Waals surface area contributed by atoms with Gasteiger partial charge in [0.15, 0.2) is 17.5 Å². The van der Waals surface area contributed by atoms with Crippen LogP contribution in [0.2, 0.25) is 35.2 Å². The van der Waals surface area contributed by atoms with E-state index in [4.69, 9.17) is 97.6 Å². The summed E-state index contributed by atoms with van der Waals surface area (Å²) in [4.78, 5) is 83.8. The predicted molar refractivity (Wildman–Crippen MR) is 530 cm³/mol. The molecule has 0 saturated heterocycles. The number of aromatic nitrogens is 6. The molecule has 6 heterocycles. The Hall–Kier alpha value is -9.28. The number of carbonyl (C=O) groups excluding carboxylic acids is 5. The number of anilines is 3. The van der Waals surface area contributed by atoms with Crippen molar-refractivity contribution in [2.24, 2.45) is 0 Å². The molecular formula is C94H83BrCl8F6N9NaO14S4. The molecule has 0 spiro atoms. The van der Waals surface area contributed by atoms with Crippen LogP contribution in [0.5, 0.6) is 0 Å². The number of H-pyrrole nitrogens is 1. The Bertz CT molecular complexity index is 7210. The summed E-state index contributed by atoms with van der Waals surface area (Å²) in [6.45, 7) is 9.55. The number of nitrogens with two attached hydrogens (primary N) is 1. The number of rotatable bonds is 29. The molecule has 0 aliphatic heterocycles. The maximum atomic E-state index is 15.7. The number of nitrogen functional groups attached to an aromatic ring is 1. The molecular weight excluding hydrogens is 2110 g/mol. The fourth-order valence-electron chi connectivity index (χ4n) is 12.9. The number of sulfonamides is 2. The summed E-state index contributed by atoms with van der Waals surface area (Å²) in [6.07, 6.45) is 15.4. The number of aromatic amines is 1. The topological polar surface area (TPSA) is 359 Å². The number of hydrogen-bond acceptors (Lipinski definition) is 18. The maximum Gasteiger partial charge on any atom is 1.00 e. The number of nitrogens with one attached hydrogen (secondary N) is 3. The molecule has 0 unspecified atom stereocenters. The molecule has 0 atom stereocenters. The number of carbonyl (C=O) groups is 5. The van der Waals surface area contributed by atoms with Crippen LogP contribution in [0.1, 0.15) is 167 Å². The van der Waals surface area contributed by atoms with Crippen LogP contribution in [0, 0.1) is 34.9 Å². The number of unbranched alkanes of at least 4 members (excludes halogenated alkanes) is 5. The first kappa shape index (κ1) is 113. The van der Waals surface area contributed by atoms with Crippen molar-refractivity contribution in [2.45, 2.75) is 98.8 Å². The number of pyridine rings is 3. The van der Waals surface area contributed by atoms with Gasteiger partial charge in [-0.1, -0.05) is 212 Å². The van der Waals surface area contributed by atoms with Crippen molar-refractivity contribution in [3.05, 3.63) is 316 Å². The van der Waals surface area contributed by atoms with Gasteiger partial charge >= 0.3 is 29.6 Å². The van der Waals surface area contributed by atoms with E-state index < -0.39 is 137 Å². The van der Waals surface area contributed by atoms with Crippen molar-refractivity contribution in [3.63, 3.8) is 0 Å². The smallest absolute Gasteiger partial charge is 0.748 e. The minimum atomic E-state index is -3.98. The number of fused-ring (bicyclic) bond motifs is 3. The van der Waals surface area contributed by atoms with Gasteiger partial charge in [0, 0.05) is 112 Å². The third kappa shape index (κ3) is 30.1. The summed E-state index contributed by atoms with van der Waals surface area (Å²) in [7, 11) is -10.1. The van der Waals surface area contributed by atoms with E-state index in [0.717, 1.165) is 81.7 Å². The maximum absolute atomic E-state index is 15.7. The Balaban J connectivity index is 0.000000228. The van der Waals surface area contributed by atoms with Gasteiger partial charge < -0.3 is 15.3 Å². The van der Waals surface area contributed by atoms with Crippen LogP contribution in [0.3, 0.4) is 0 Å². The number of hydrogen-bond donors (Lipinski definition) is 4. The average Bonchev–Trinajstić information content (AvgIpc) is 1.60. The molecule has 6 aromatic heterocycles. The molecule has 0 aliphatic rings. The number of benzene rings is 8. The van der Waals surface area contributed by atoms with Crippen molar-refractivity contribution in [1.29, 1.82) is 0 Å². The molecule has 0 saturated carbocycles. The third-order valence-electron chi connectivity index (χ3n) is 19.9. The van der Waals surface area contributed by atoms with Gasteiger partial charge in [-0.15, -0.1) is 0 Å². The summed E-state index contributed by atoms with van der Waals surface area (Å²) < 4.78 is 195. The van der Waals surface area contributed by atoms with Crippen molar-refractivity contribution in [3.8, 4) is 33.4 Å². The standard InChI is InChI=1S/C31H22Cl3F2N3O4S.C27H14Cl3F2N3O2.C24H20ClF2N3O3S.C4H9Br.C4H9ClO2S.C4H10O3S.Na/c1-2-3-13-44(42,43)38-25-12-11-24(35)27(28(25)36)29(40)21-16-39(31(41)26-22(33)5-4-6-23(26)34)30-20(21)14-18(15-37-30)17-7-9-19(32)10-8-17;28-15-6-4-13(5-7-15)14-10-16-17(25(36)23-20(31)8-9-21(33)24(23)32)12-35(26(16)34-11-14)27(37)22-18(29)2-1-3-19(22)30;1-2-3-10-34(32,33)30-20-9-8-19(26)21(22(20)27)23(31)18-13-29-24-17(18)11-15(12-28-24)14-4-6-16(25)7-5-14;1-2-3-4-5;2*1-2-3-4-8(5,6)7;/h4-12,14-16,38H,2-3,13H2,1H3;1-12H,33H2;4-9,11-13,30H,2-3,10H2,1H3,(H,28,29);2-4H2,1H3;2-4H2,1H3;2-4H2,1H3,(H,5,6,7);/q;;;;;;+1/p-1. The molecule has 5 N–H and O–H groups in total. The molecule has 0 bridgehead atoms. The Morgan fingerprint density at radius 1 is 0.416 bits per heavy atom. The quantitative estimate of drug-likeness (QED) is 0.00643. The first-order chi connectivity index (χ1) is 64.3. The van der Waals surface area contributed by atoms with E-state index in [2.05, 4.69) is 52.2 Å². The van der Waals surface area contributed by atoms with E-state index in [0.29, 0.717) is 92.4 Å². The van der Waals surface area contributed by atoms with E-state index >= 15 is 13.2 Å². The molecule has 718 valence electrons. The van der Waals surface area contributed by atoms with Crippen LogP contribution in [-0.2, 0) is 39.2 Å². The average molecular weight is 2190 g/mol. The van der Waals surface area contributed by atoms with Gasteiger partial charge in [-0.05, 0) is 164 Å². The Morgan fingerprint density at radius 2 is 0.745 bits per heavy atom. The second-order valence-corrected chi connectivity index (χ2v) is 41.7. The van der Waals surface area contributed by atoms with Gasteiger partial charge in [0.25, 0.3) is 11.8 Å². The van der Waals surface area contributed by atoms with Gasteiger partial charge in [-0.3, -0.25) is 42.6 Å². The predicted octanol–water partition coefficient (Wildman–Crippen LogP) is 22.7. The van der Waals surface area contributed by atoms with Gasteiger partial charge in [-0.25, -0.2) is 75.0 Å². The molecule has 0 aliphatic carbocycles. The zero-order valence-corrected chi connectivity index (χ0v) is 86.4. The minimum Gasteiger partial charge on any atom is -0.748 e. The summed E-state index contributed by atoms with van der Waals surface area (Å²) in [5.41, 5.74) is 5.22. The second kappa shape index (κ2) is 51.2. The van der Waals surface area contributed by atoms with Gasteiger partial charge in [0.1, 0.15) is 34.4 Å². The molecule has 8 aromatic carbocycles. The molecule has 0 fully saturated rings. The molecule has 0 radical (unpaired) electrons. The SMILES string of the molecule is CCCCBr.CCCCS(=O)(=O)Cl.CCCCS(=O)(=O)Nc1ccc(F)c(C(=O)c2c[nH]c3ncc(-c4ccc(Cl)cc4)cc23)c1F.CCCCS(=O)(=O)Nc1ccc(F)c(C(=O)c2cn(C(=O)c3c(Cl)cccc3Cl)c3ncc(-c4ccc(Cl)cc4)cc23)c1F.CCCCS(=O)(=O)[O-].Nc1ccc(F)c(C(=O)c2cn(C(=O)c3c(Cl)cccc3Cl)c3ncc(-c4ccc(Cl)cc4)cc23)c1F.[Na+]. The van der Waals surface area contributed by atoms with Crippen LogP contribution >= 0.6 is 108 Å². The summed E-state index contributed by atoms with van der Waals surface area (Å²) >= 11 is 46.3. The fourth-order valence-corrected chi connectivity index (χ4v) is 19.0. The van der Waals surface area contributed by atoms with Crippen molar-refractivity contribution in [2.75, 3.05) is 43.5 Å². The first-order valence-corrected chi connectivity index (χ1v) is 52.5. The molecule has 14 aromatic rings. The van der Waals surface area contributed by atoms with E-state index in [-0.39, 0.29) is 123 Å². The number of halogens is 15. The van der Waals surface area contributed by atoms with E-state index in [1.54, 1.807) is 116 Å². The third-order valence-corrected chi connectivity index (χ3v) is 27.2. The zero-order valence-electron chi connectivity index (χ0n) is 73.5. The van der Waals surface area contributed by atoms with Crippen molar-refractivity contribution >= 4 is 226 Å². The summed E-state index contributed by atoms with van der Waals surface area (Å²) in [5.74, 6) is -12.5. The molecule has 43 heteroatoms. The van der Waals surface area contributed by atoms with Gasteiger partial charge in [0.05, 0.1) is 103 Å². The van der Waals surface area contributed by atoms with E-state index in [1.165, 1.54) is 55.7 Å².